The lowest BCUT2D eigenvalue weighted by Crippen LogP contribution is -2.36. The largest absolute Gasteiger partial charge is 0.378 e. The predicted molar refractivity (Wildman–Crippen MR) is 145 cm³/mol. The number of ketones is 1. The molecule has 2 aliphatic heterocycles. The van der Waals surface area contributed by atoms with Crippen LogP contribution in [0.15, 0.2) is 36.5 Å². The molecule has 0 amide bonds. The summed E-state index contributed by atoms with van der Waals surface area (Å²) in [6, 6.07) is 9.85. The van der Waals surface area contributed by atoms with Crippen LogP contribution in [0.25, 0.3) is 10.9 Å². The number of benzene rings is 1. The quantitative estimate of drug-likeness (QED) is 0.404. The maximum Gasteiger partial charge on any atom is 0.185 e. The molecule has 1 aromatic carbocycles. The lowest BCUT2D eigenvalue weighted by Gasteiger charge is -2.31. The van der Waals surface area contributed by atoms with Crippen molar-refractivity contribution in [2.75, 3.05) is 44.3 Å². The molecule has 36 heavy (non-hydrogen) atoms. The Bertz CT molecular complexity index is 1190. The monoisotopic (exact) mass is 504 g/mol. The average molecular weight is 505 g/mol. The van der Waals surface area contributed by atoms with Crippen LogP contribution in [-0.2, 0) is 17.7 Å². The zero-order valence-corrected chi connectivity index (χ0v) is 21.8. The smallest absolute Gasteiger partial charge is 0.185 e. The van der Waals surface area contributed by atoms with Gasteiger partial charge in [-0.15, -0.1) is 11.3 Å². The Labute approximate surface area is 217 Å². The second-order valence-electron chi connectivity index (χ2n) is 10.7. The average Bonchev–Trinajstić information content (AvgIpc) is 3.36. The SMILES string of the molecule is O=C(CC1CCC(CCN2CCc3sc(N4CCOCC4)nc3C2)CC1)c1cccc2ncccc12. The molecule has 1 aliphatic carbocycles. The van der Waals surface area contributed by atoms with E-state index in [-0.39, 0.29) is 5.78 Å². The number of carbonyl (C=O) groups is 1. The van der Waals surface area contributed by atoms with Crippen molar-refractivity contribution in [2.24, 2.45) is 11.8 Å². The second kappa shape index (κ2) is 11.0. The molecule has 2 aromatic heterocycles. The van der Waals surface area contributed by atoms with Gasteiger partial charge in [-0.3, -0.25) is 14.7 Å². The lowest BCUT2D eigenvalue weighted by atomic mass is 9.78. The molecule has 2 fully saturated rings. The summed E-state index contributed by atoms with van der Waals surface area (Å²) in [6.45, 7) is 6.87. The van der Waals surface area contributed by atoms with Gasteiger partial charge < -0.3 is 9.64 Å². The summed E-state index contributed by atoms with van der Waals surface area (Å²) < 4.78 is 5.50. The summed E-state index contributed by atoms with van der Waals surface area (Å²) >= 11 is 1.90. The number of pyridine rings is 1. The van der Waals surface area contributed by atoms with Crippen molar-refractivity contribution < 1.29 is 9.53 Å². The fourth-order valence-electron chi connectivity index (χ4n) is 6.13. The Morgan fingerprint density at radius 1 is 1.03 bits per heavy atom. The Morgan fingerprint density at radius 2 is 1.86 bits per heavy atom. The minimum atomic E-state index is 0.279. The molecule has 0 unspecified atom stereocenters. The molecule has 0 radical (unpaired) electrons. The number of thiazole rings is 1. The van der Waals surface area contributed by atoms with Crippen LogP contribution < -0.4 is 4.90 Å². The van der Waals surface area contributed by atoms with E-state index in [1.54, 1.807) is 6.20 Å². The van der Waals surface area contributed by atoms with Crippen LogP contribution >= 0.6 is 11.3 Å². The fraction of sp³-hybridized carbons (Fsp3) is 0.552. The summed E-state index contributed by atoms with van der Waals surface area (Å²) in [4.78, 5) is 29.0. The van der Waals surface area contributed by atoms with Crippen LogP contribution in [0.2, 0.25) is 0 Å². The molecule has 0 bridgehead atoms. The third-order valence-corrected chi connectivity index (χ3v) is 9.54. The molecule has 6 rings (SSSR count). The molecule has 6 nitrogen and oxygen atoms in total. The minimum Gasteiger partial charge on any atom is -0.378 e. The molecule has 3 aromatic rings. The number of ether oxygens (including phenoxy) is 1. The van der Waals surface area contributed by atoms with E-state index in [0.29, 0.717) is 12.3 Å². The maximum absolute atomic E-state index is 13.1. The summed E-state index contributed by atoms with van der Waals surface area (Å²) in [5.74, 6) is 1.59. The molecular formula is C29H36N4O2S. The molecule has 1 saturated carbocycles. The highest BCUT2D eigenvalue weighted by Gasteiger charge is 2.27. The first kappa shape index (κ1) is 24.0. The molecule has 0 N–H and O–H groups in total. The van der Waals surface area contributed by atoms with Gasteiger partial charge in [0.15, 0.2) is 10.9 Å². The number of carbonyl (C=O) groups excluding carboxylic acids is 1. The Morgan fingerprint density at radius 3 is 2.72 bits per heavy atom. The Balaban J connectivity index is 0.963. The second-order valence-corrected chi connectivity index (χ2v) is 11.7. The van der Waals surface area contributed by atoms with Crippen molar-refractivity contribution in [1.29, 1.82) is 0 Å². The summed E-state index contributed by atoms with van der Waals surface area (Å²) in [6.07, 6.45) is 9.74. The molecule has 3 aliphatic rings. The number of Topliss-reactive ketones (excluding diaryl/α,β-unsaturated/α-hetero) is 1. The van der Waals surface area contributed by atoms with Crippen LogP contribution in [0.3, 0.4) is 0 Å². The van der Waals surface area contributed by atoms with Gasteiger partial charge in [0.1, 0.15) is 0 Å². The minimum absolute atomic E-state index is 0.279. The van der Waals surface area contributed by atoms with E-state index >= 15 is 0 Å². The van der Waals surface area contributed by atoms with E-state index in [4.69, 9.17) is 9.72 Å². The van der Waals surface area contributed by atoms with Crippen molar-refractivity contribution in [3.63, 3.8) is 0 Å². The Kier molecular flexibility index (Phi) is 7.30. The molecule has 4 heterocycles. The molecule has 0 spiro atoms. The van der Waals surface area contributed by atoms with Crippen LogP contribution in [0.5, 0.6) is 0 Å². The highest BCUT2D eigenvalue weighted by molar-refractivity contribution is 7.15. The molecule has 0 atom stereocenters. The molecule has 190 valence electrons. The van der Waals surface area contributed by atoms with Gasteiger partial charge >= 0.3 is 0 Å². The van der Waals surface area contributed by atoms with E-state index in [9.17, 15) is 4.79 Å². The van der Waals surface area contributed by atoms with Gasteiger partial charge in [0.25, 0.3) is 0 Å². The molecular weight excluding hydrogens is 468 g/mol. The van der Waals surface area contributed by atoms with Gasteiger partial charge in [-0.2, -0.15) is 0 Å². The first-order valence-corrected chi connectivity index (χ1v) is 14.4. The van der Waals surface area contributed by atoms with Gasteiger partial charge in [-0.1, -0.05) is 31.0 Å². The number of rotatable bonds is 7. The number of morpholine rings is 1. The van der Waals surface area contributed by atoms with Gasteiger partial charge in [-0.25, -0.2) is 4.98 Å². The predicted octanol–water partition coefficient (Wildman–Crippen LogP) is 5.36. The van der Waals surface area contributed by atoms with E-state index in [2.05, 4.69) is 14.8 Å². The molecule has 1 saturated heterocycles. The summed E-state index contributed by atoms with van der Waals surface area (Å²) in [5.41, 5.74) is 3.05. The van der Waals surface area contributed by atoms with Crippen LogP contribution in [0.4, 0.5) is 5.13 Å². The van der Waals surface area contributed by atoms with Crippen molar-refractivity contribution in [3.05, 3.63) is 52.7 Å². The number of aromatic nitrogens is 2. The highest BCUT2D eigenvalue weighted by atomic mass is 32.1. The third-order valence-electron chi connectivity index (χ3n) is 8.32. The zero-order chi connectivity index (χ0) is 24.3. The lowest BCUT2D eigenvalue weighted by molar-refractivity contribution is 0.0941. The van der Waals surface area contributed by atoms with Crippen LogP contribution in [0, 0.1) is 11.8 Å². The maximum atomic E-state index is 13.1. The first-order valence-electron chi connectivity index (χ1n) is 13.6. The number of hydrogen-bond donors (Lipinski definition) is 0. The zero-order valence-electron chi connectivity index (χ0n) is 21.0. The number of fused-ring (bicyclic) bond motifs is 2. The topological polar surface area (TPSA) is 58.6 Å². The molecule has 7 heteroatoms. The first-order chi connectivity index (χ1) is 17.7. The highest BCUT2D eigenvalue weighted by Crippen LogP contribution is 2.35. The van der Waals surface area contributed by atoms with E-state index in [1.165, 1.54) is 54.4 Å². The van der Waals surface area contributed by atoms with Crippen LogP contribution in [-0.4, -0.2) is 60.0 Å². The normalized spacial score (nSPS) is 23.1. The van der Waals surface area contributed by atoms with Crippen molar-refractivity contribution in [3.8, 4) is 0 Å². The van der Waals surface area contributed by atoms with Gasteiger partial charge in [0, 0.05) is 54.6 Å². The Hall–Kier alpha value is -2.35. The van der Waals surface area contributed by atoms with Gasteiger partial charge in [-0.05, 0) is 56.2 Å². The third kappa shape index (κ3) is 5.34. The van der Waals surface area contributed by atoms with Crippen LogP contribution in [0.1, 0.15) is 59.5 Å². The van der Waals surface area contributed by atoms with E-state index < -0.39 is 0 Å². The fourth-order valence-corrected chi connectivity index (χ4v) is 7.24. The standard InChI is InChI=1S/C29H36N4O2S/c34-27(24-3-1-5-25-23(24)4-2-12-30-25)19-22-8-6-21(7-9-22)10-13-32-14-11-28-26(20-32)31-29(36-28)33-15-17-35-18-16-33/h1-5,12,21-22H,6-11,13-20H2. The van der Waals surface area contributed by atoms with Crippen molar-refractivity contribution in [2.45, 2.75) is 51.5 Å². The van der Waals surface area contributed by atoms with E-state index in [1.807, 2.05) is 41.7 Å². The van der Waals surface area contributed by atoms with Crippen molar-refractivity contribution >= 4 is 33.2 Å². The number of nitrogens with zero attached hydrogens (tertiary/aromatic N) is 4. The van der Waals surface area contributed by atoms with Gasteiger partial charge in [0.2, 0.25) is 0 Å². The summed E-state index contributed by atoms with van der Waals surface area (Å²) in [7, 11) is 0. The number of hydrogen-bond acceptors (Lipinski definition) is 7. The summed E-state index contributed by atoms with van der Waals surface area (Å²) in [5, 5.41) is 2.18. The number of anilines is 1. The van der Waals surface area contributed by atoms with E-state index in [0.717, 1.165) is 68.2 Å². The van der Waals surface area contributed by atoms with Gasteiger partial charge in [0.05, 0.1) is 24.4 Å². The van der Waals surface area contributed by atoms with Crippen molar-refractivity contribution in [1.82, 2.24) is 14.9 Å².